The van der Waals surface area contributed by atoms with E-state index < -0.39 is 15.9 Å². The van der Waals surface area contributed by atoms with Crippen LogP contribution in [0.5, 0.6) is 0 Å². The summed E-state index contributed by atoms with van der Waals surface area (Å²) in [7, 11) is -0.705. The summed E-state index contributed by atoms with van der Waals surface area (Å²) in [5.41, 5.74) is 4.32. The van der Waals surface area contributed by atoms with Gasteiger partial charge in [-0.15, -0.1) is 11.3 Å². The Bertz CT molecular complexity index is 1140. The molecule has 146 valence electrons. The molecule has 0 saturated heterocycles. The van der Waals surface area contributed by atoms with Crippen molar-refractivity contribution in [3.63, 3.8) is 0 Å². The number of anilines is 1. The van der Waals surface area contributed by atoms with Gasteiger partial charge in [0.15, 0.2) is 5.13 Å². The molecule has 3 rings (SSSR count). The minimum absolute atomic E-state index is 0.0698. The second-order valence-electron chi connectivity index (χ2n) is 6.63. The van der Waals surface area contributed by atoms with Crippen molar-refractivity contribution in [2.24, 2.45) is 0 Å². The molecule has 1 N–H and O–H groups in total. The predicted molar refractivity (Wildman–Crippen MR) is 112 cm³/mol. The highest BCUT2D eigenvalue weighted by atomic mass is 32.2. The van der Waals surface area contributed by atoms with Crippen LogP contribution in [-0.2, 0) is 10.0 Å². The summed E-state index contributed by atoms with van der Waals surface area (Å²) in [4.78, 5) is 17.2. The van der Waals surface area contributed by atoms with Crippen molar-refractivity contribution in [3.05, 3.63) is 64.5 Å². The average molecular weight is 416 g/mol. The first-order valence-electron chi connectivity index (χ1n) is 8.55. The number of sulfonamides is 1. The third-order valence-electron chi connectivity index (χ3n) is 4.27. The number of nitrogens with one attached hydrogen (secondary N) is 1. The van der Waals surface area contributed by atoms with E-state index in [1.54, 1.807) is 12.1 Å². The first-order chi connectivity index (χ1) is 13.2. The van der Waals surface area contributed by atoms with E-state index in [1.807, 2.05) is 31.4 Å². The lowest BCUT2D eigenvalue weighted by molar-refractivity contribution is 0.102. The molecule has 2 aromatic carbocycles. The fourth-order valence-corrected chi connectivity index (χ4v) is 4.30. The van der Waals surface area contributed by atoms with E-state index in [-0.39, 0.29) is 10.5 Å². The molecule has 0 bridgehead atoms. The van der Waals surface area contributed by atoms with Crippen LogP contribution in [0.3, 0.4) is 0 Å². The van der Waals surface area contributed by atoms with Crippen molar-refractivity contribution in [1.29, 1.82) is 0 Å². The number of nitrogens with zero attached hydrogens (tertiary/aromatic N) is 2. The van der Waals surface area contributed by atoms with E-state index in [1.165, 1.54) is 37.6 Å². The number of amides is 1. The van der Waals surface area contributed by atoms with Gasteiger partial charge in [0.1, 0.15) is 0 Å². The lowest BCUT2D eigenvalue weighted by atomic mass is 10.0. The van der Waals surface area contributed by atoms with Crippen LogP contribution in [0.4, 0.5) is 5.13 Å². The first-order valence-corrected chi connectivity index (χ1v) is 10.9. The van der Waals surface area contributed by atoms with Crippen LogP contribution in [-0.4, -0.2) is 37.7 Å². The molecule has 1 aromatic heterocycles. The molecule has 28 heavy (non-hydrogen) atoms. The number of hydrogen-bond acceptors (Lipinski definition) is 5. The Morgan fingerprint density at radius 2 is 1.86 bits per heavy atom. The molecule has 3 aromatic rings. The minimum atomic E-state index is -3.61. The van der Waals surface area contributed by atoms with Gasteiger partial charge in [-0.25, -0.2) is 17.7 Å². The summed E-state index contributed by atoms with van der Waals surface area (Å²) in [5.74, 6) is -0.405. The van der Waals surface area contributed by atoms with Gasteiger partial charge in [0.05, 0.1) is 10.6 Å². The van der Waals surface area contributed by atoms with Crippen molar-refractivity contribution in [2.45, 2.75) is 18.7 Å². The van der Waals surface area contributed by atoms with Crippen LogP contribution in [0, 0.1) is 13.8 Å². The molecule has 0 saturated carbocycles. The summed E-state index contributed by atoms with van der Waals surface area (Å²) in [6.45, 7) is 4.04. The zero-order chi connectivity index (χ0) is 20.5. The van der Waals surface area contributed by atoms with Crippen LogP contribution in [0.1, 0.15) is 21.5 Å². The number of carbonyl (C=O) groups excluding carboxylic acids is 1. The topological polar surface area (TPSA) is 79.4 Å². The second-order valence-corrected chi connectivity index (χ2v) is 9.64. The van der Waals surface area contributed by atoms with E-state index in [0.717, 1.165) is 26.7 Å². The SMILES string of the molecule is Cc1ccc(C)c(-c2csc(NC(=O)c3cccc(S(=O)(=O)N(C)C)c3)n2)c1. The highest BCUT2D eigenvalue weighted by Gasteiger charge is 2.19. The number of benzene rings is 2. The Kier molecular flexibility index (Phi) is 5.64. The number of aromatic nitrogens is 1. The molecule has 6 nitrogen and oxygen atoms in total. The molecule has 1 amide bonds. The smallest absolute Gasteiger partial charge is 0.257 e. The van der Waals surface area contributed by atoms with E-state index in [2.05, 4.69) is 16.4 Å². The number of aryl methyl sites for hydroxylation is 2. The van der Waals surface area contributed by atoms with Gasteiger partial charge in [-0.05, 0) is 43.7 Å². The van der Waals surface area contributed by atoms with Gasteiger partial charge in [0, 0.05) is 30.6 Å². The highest BCUT2D eigenvalue weighted by Crippen LogP contribution is 2.28. The largest absolute Gasteiger partial charge is 0.298 e. The standard InChI is InChI=1S/C20H21N3O3S2/c1-13-8-9-14(2)17(10-13)18-12-27-20(21-18)22-19(24)15-6-5-7-16(11-15)28(25,26)23(3)4/h5-12H,1-4H3,(H,21,22,24). The Balaban J connectivity index is 1.83. The van der Waals surface area contributed by atoms with Gasteiger partial charge < -0.3 is 0 Å². The molecule has 8 heteroatoms. The fraction of sp³-hybridized carbons (Fsp3) is 0.200. The second kappa shape index (κ2) is 7.83. The van der Waals surface area contributed by atoms with Gasteiger partial charge >= 0.3 is 0 Å². The molecule has 1 heterocycles. The lowest BCUT2D eigenvalue weighted by Crippen LogP contribution is -2.22. The van der Waals surface area contributed by atoms with Crippen molar-refractivity contribution in [2.75, 3.05) is 19.4 Å². The zero-order valence-electron chi connectivity index (χ0n) is 16.1. The summed E-state index contributed by atoms with van der Waals surface area (Å²) >= 11 is 1.33. The molecule has 0 radical (unpaired) electrons. The predicted octanol–water partition coefficient (Wildman–Crippen LogP) is 3.93. The first kappa shape index (κ1) is 20.2. The molecule has 0 spiro atoms. The number of rotatable bonds is 5. The van der Waals surface area contributed by atoms with E-state index in [9.17, 15) is 13.2 Å². The van der Waals surface area contributed by atoms with E-state index >= 15 is 0 Å². The van der Waals surface area contributed by atoms with Gasteiger partial charge in [-0.1, -0.05) is 23.8 Å². The van der Waals surface area contributed by atoms with Crippen molar-refractivity contribution >= 4 is 32.4 Å². The van der Waals surface area contributed by atoms with Crippen LogP contribution in [0.15, 0.2) is 52.7 Å². The monoisotopic (exact) mass is 415 g/mol. The van der Waals surface area contributed by atoms with E-state index in [0.29, 0.717) is 5.13 Å². The Morgan fingerprint density at radius 1 is 1.11 bits per heavy atom. The maximum absolute atomic E-state index is 12.6. The Hall–Kier alpha value is -2.55. The third kappa shape index (κ3) is 4.14. The summed E-state index contributed by atoms with van der Waals surface area (Å²) in [6, 6.07) is 12.1. The fourth-order valence-electron chi connectivity index (χ4n) is 2.64. The van der Waals surface area contributed by atoms with Crippen molar-refractivity contribution < 1.29 is 13.2 Å². The zero-order valence-corrected chi connectivity index (χ0v) is 17.7. The van der Waals surface area contributed by atoms with Crippen LogP contribution in [0.2, 0.25) is 0 Å². The molecule has 0 atom stereocenters. The van der Waals surface area contributed by atoms with Gasteiger partial charge in [0.2, 0.25) is 10.0 Å². The summed E-state index contributed by atoms with van der Waals surface area (Å²) < 4.78 is 25.6. The molecular weight excluding hydrogens is 394 g/mol. The van der Waals surface area contributed by atoms with E-state index in [4.69, 9.17) is 0 Å². The number of thiazole rings is 1. The summed E-state index contributed by atoms with van der Waals surface area (Å²) in [5, 5.41) is 5.10. The van der Waals surface area contributed by atoms with Crippen molar-refractivity contribution in [3.8, 4) is 11.3 Å². The lowest BCUT2D eigenvalue weighted by Gasteiger charge is -2.12. The van der Waals surface area contributed by atoms with Crippen molar-refractivity contribution in [1.82, 2.24) is 9.29 Å². The van der Waals surface area contributed by atoms with Crippen LogP contribution < -0.4 is 5.32 Å². The minimum Gasteiger partial charge on any atom is -0.298 e. The van der Waals surface area contributed by atoms with Gasteiger partial charge in [-0.3, -0.25) is 10.1 Å². The molecular formula is C20H21N3O3S2. The maximum atomic E-state index is 12.6. The quantitative estimate of drug-likeness (QED) is 0.685. The van der Waals surface area contributed by atoms with Gasteiger partial charge in [0.25, 0.3) is 5.91 Å². The average Bonchev–Trinajstić information content (AvgIpc) is 3.12. The normalized spacial score (nSPS) is 11.6. The molecule has 0 unspecified atom stereocenters. The van der Waals surface area contributed by atoms with Gasteiger partial charge in [-0.2, -0.15) is 0 Å². The maximum Gasteiger partial charge on any atom is 0.257 e. The molecule has 0 fully saturated rings. The third-order valence-corrected chi connectivity index (χ3v) is 6.84. The number of carbonyl (C=O) groups is 1. The molecule has 0 aliphatic rings. The summed E-state index contributed by atoms with van der Waals surface area (Å²) in [6.07, 6.45) is 0. The Labute approximate surface area is 168 Å². The Morgan fingerprint density at radius 3 is 2.57 bits per heavy atom. The highest BCUT2D eigenvalue weighted by molar-refractivity contribution is 7.89. The molecule has 0 aliphatic heterocycles. The van der Waals surface area contributed by atoms with Crippen LogP contribution in [0.25, 0.3) is 11.3 Å². The van der Waals surface area contributed by atoms with Crippen LogP contribution >= 0.6 is 11.3 Å². The number of hydrogen-bond donors (Lipinski definition) is 1. The molecule has 0 aliphatic carbocycles.